The Hall–Kier alpha value is -2.77. The number of carbonyl (C=O) groups excluding carboxylic acids is 1. The van der Waals surface area contributed by atoms with Gasteiger partial charge in [0, 0.05) is 23.8 Å². The minimum atomic E-state index is -0.648. The van der Waals surface area contributed by atoms with Gasteiger partial charge in [0.15, 0.2) is 0 Å². The molecule has 152 valence electrons. The summed E-state index contributed by atoms with van der Waals surface area (Å²) in [5, 5.41) is 0.563. The lowest BCUT2D eigenvalue weighted by Gasteiger charge is -2.16. The van der Waals surface area contributed by atoms with Crippen LogP contribution in [-0.4, -0.2) is 23.2 Å². The summed E-state index contributed by atoms with van der Waals surface area (Å²) < 4.78 is 7.41. The van der Waals surface area contributed by atoms with Crippen LogP contribution in [0.4, 0.5) is 0 Å². The Balaban J connectivity index is 1.79. The Kier molecular flexibility index (Phi) is 6.61. The standard InChI is InChI=1S/C22H24N2O4S/c1-3-28-18(20(23)25)13-16-10-8-15(9-11-16)12-14(2)24-21(26)17-6-4-5-7-19(17)29-22(24)27/h4-11,14,18H,3,12-13H2,1-2H3,(H2,23,25). The molecule has 1 amide bonds. The van der Waals surface area contributed by atoms with Gasteiger partial charge in [-0.15, -0.1) is 0 Å². The number of amides is 1. The molecule has 2 aromatic carbocycles. The summed E-state index contributed by atoms with van der Waals surface area (Å²) in [6.45, 7) is 4.11. The molecule has 6 nitrogen and oxygen atoms in total. The molecule has 0 saturated heterocycles. The van der Waals surface area contributed by atoms with Crippen molar-refractivity contribution in [1.29, 1.82) is 0 Å². The molecule has 3 aromatic rings. The Morgan fingerprint density at radius 2 is 1.69 bits per heavy atom. The van der Waals surface area contributed by atoms with Crippen LogP contribution in [0.15, 0.2) is 58.1 Å². The number of ether oxygens (including phenoxy) is 1. The minimum absolute atomic E-state index is 0.251. The summed E-state index contributed by atoms with van der Waals surface area (Å²) in [6.07, 6.45) is 0.311. The van der Waals surface area contributed by atoms with Crippen molar-refractivity contribution in [3.8, 4) is 0 Å². The molecule has 0 fully saturated rings. The highest BCUT2D eigenvalue weighted by Crippen LogP contribution is 2.17. The number of primary amides is 1. The molecular weight excluding hydrogens is 388 g/mol. The van der Waals surface area contributed by atoms with Crippen molar-refractivity contribution in [2.45, 2.75) is 38.8 Å². The van der Waals surface area contributed by atoms with Gasteiger partial charge in [0.1, 0.15) is 6.10 Å². The molecule has 0 spiro atoms. The van der Waals surface area contributed by atoms with Gasteiger partial charge in [0.25, 0.3) is 5.56 Å². The minimum Gasteiger partial charge on any atom is -0.368 e. The van der Waals surface area contributed by atoms with Gasteiger partial charge in [-0.3, -0.25) is 19.0 Å². The van der Waals surface area contributed by atoms with Crippen molar-refractivity contribution >= 4 is 27.3 Å². The average Bonchev–Trinajstić information content (AvgIpc) is 2.69. The van der Waals surface area contributed by atoms with Crippen LogP contribution in [0.5, 0.6) is 0 Å². The van der Waals surface area contributed by atoms with E-state index in [0.717, 1.165) is 22.5 Å². The maximum absolute atomic E-state index is 12.8. The molecule has 29 heavy (non-hydrogen) atoms. The maximum atomic E-state index is 12.8. The molecule has 1 heterocycles. The van der Waals surface area contributed by atoms with Crippen LogP contribution in [-0.2, 0) is 22.4 Å². The lowest BCUT2D eigenvalue weighted by molar-refractivity contribution is -0.129. The summed E-state index contributed by atoms with van der Waals surface area (Å²) in [6, 6.07) is 14.6. The fourth-order valence-electron chi connectivity index (χ4n) is 3.37. The van der Waals surface area contributed by atoms with Crippen molar-refractivity contribution in [3.05, 3.63) is 79.7 Å². The second-order valence-electron chi connectivity index (χ2n) is 6.96. The zero-order valence-corrected chi connectivity index (χ0v) is 17.3. The number of hydrogen-bond donors (Lipinski definition) is 1. The molecule has 0 aliphatic rings. The van der Waals surface area contributed by atoms with Crippen LogP contribution >= 0.6 is 11.3 Å². The first-order valence-corrected chi connectivity index (χ1v) is 10.4. The summed E-state index contributed by atoms with van der Waals surface area (Å²) in [4.78, 5) is 36.5. The zero-order valence-electron chi connectivity index (χ0n) is 16.5. The van der Waals surface area contributed by atoms with Crippen molar-refractivity contribution in [2.75, 3.05) is 6.61 Å². The molecule has 2 atom stereocenters. The second kappa shape index (κ2) is 9.15. The van der Waals surface area contributed by atoms with Crippen molar-refractivity contribution in [3.63, 3.8) is 0 Å². The third kappa shape index (κ3) is 4.81. The Labute approximate surface area is 172 Å². The van der Waals surface area contributed by atoms with E-state index in [9.17, 15) is 14.4 Å². The lowest BCUT2D eigenvalue weighted by atomic mass is 10.0. The molecule has 1 aromatic heterocycles. The number of nitrogens with zero attached hydrogens (tertiary/aromatic N) is 1. The Morgan fingerprint density at radius 3 is 2.31 bits per heavy atom. The first-order valence-electron chi connectivity index (χ1n) is 9.53. The molecule has 0 aliphatic carbocycles. The van der Waals surface area contributed by atoms with Gasteiger partial charge >= 0.3 is 4.87 Å². The molecule has 2 unspecified atom stereocenters. The highest BCUT2D eigenvalue weighted by molar-refractivity contribution is 7.16. The van der Waals surface area contributed by atoms with Crippen LogP contribution in [0.25, 0.3) is 10.1 Å². The van der Waals surface area contributed by atoms with Crippen molar-refractivity contribution in [1.82, 2.24) is 4.57 Å². The number of aromatic nitrogens is 1. The predicted octanol–water partition coefficient (Wildman–Crippen LogP) is 2.66. The number of benzene rings is 2. The first-order chi connectivity index (χ1) is 13.9. The van der Waals surface area contributed by atoms with E-state index >= 15 is 0 Å². The first kappa shape index (κ1) is 21.0. The predicted molar refractivity (Wildman–Crippen MR) is 116 cm³/mol. The highest BCUT2D eigenvalue weighted by Gasteiger charge is 2.17. The third-order valence-electron chi connectivity index (χ3n) is 4.83. The van der Waals surface area contributed by atoms with Crippen LogP contribution in [0.1, 0.15) is 31.0 Å². The zero-order chi connectivity index (χ0) is 21.0. The van der Waals surface area contributed by atoms with Crippen molar-refractivity contribution < 1.29 is 9.53 Å². The van der Waals surface area contributed by atoms with E-state index in [-0.39, 0.29) is 16.5 Å². The fourth-order valence-corrected chi connectivity index (χ4v) is 4.33. The van der Waals surface area contributed by atoms with Gasteiger partial charge < -0.3 is 10.5 Å². The fraction of sp³-hybridized carbons (Fsp3) is 0.318. The van der Waals surface area contributed by atoms with Crippen molar-refractivity contribution in [2.24, 2.45) is 5.73 Å². The van der Waals surface area contributed by atoms with Crippen LogP contribution in [0, 0.1) is 0 Å². The Morgan fingerprint density at radius 1 is 1.07 bits per heavy atom. The Bertz CT molecular complexity index is 1120. The topological polar surface area (TPSA) is 91.4 Å². The number of nitrogens with two attached hydrogens (primary N) is 1. The van der Waals surface area contributed by atoms with Crippen LogP contribution in [0.3, 0.4) is 0 Å². The number of hydrogen-bond acceptors (Lipinski definition) is 5. The third-order valence-corrected chi connectivity index (χ3v) is 5.78. The summed E-state index contributed by atoms with van der Waals surface area (Å²) >= 11 is 1.09. The van der Waals surface area contributed by atoms with Gasteiger partial charge in [-0.2, -0.15) is 0 Å². The quantitative estimate of drug-likeness (QED) is 0.616. The monoisotopic (exact) mass is 412 g/mol. The normalized spacial score (nSPS) is 13.3. The number of rotatable bonds is 8. The number of carbonyl (C=O) groups is 1. The highest BCUT2D eigenvalue weighted by atomic mass is 32.1. The van der Waals surface area contributed by atoms with E-state index in [0.29, 0.717) is 29.5 Å². The number of fused-ring (bicyclic) bond motifs is 1. The van der Waals surface area contributed by atoms with Gasteiger partial charge in [-0.05, 0) is 43.5 Å². The molecule has 0 bridgehead atoms. The second-order valence-corrected chi connectivity index (χ2v) is 7.95. The lowest BCUT2D eigenvalue weighted by Crippen LogP contribution is -2.34. The van der Waals surface area contributed by atoms with Gasteiger partial charge in [0.2, 0.25) is 5.91 Å². The average molecular weight is 413 g/mol. The van der Waals surface area contributed by atoms with E-state index < -0.39 is 12.0 Å². The smallest absolute Gasteiger partial charge is 0.310 e. The molecule has 3 rings (SSSR count). The summed E-state index contributed by atoms with van der Waals surface area (Å²) in [5.74, 6) is -0.482. The SMILES string of the molecule is CCOC(Cc1ccc(CC(C)n2c(=O)sc3ccccc3c2=O)cc1)C(N)=O. The summed E-state index contributed by atoms with van der Waals surface area (Å²) in [7, 11) is 0. The molecule has 0 radical (unpaired) electrons. The van der Waals surface area contributed by atoms with Gasteiger partial charge in [0.05, 0.1) is 5.39 Å². The van der Waals surface area contributed by atoms with E-state index in [4.69, 9.17) is 10.5 Å². The molecular formula is C22H24N2O4S. The molecule has 7 heteroatoms. The largest absolute Gasteiger partial charge is 0.368 e. The van der Waals surface area contributed by atoms with Gasteiger partial charge in [-0.25, -0.2) is 0 Å². The van der Waals surface area contributed by atoms with E-state index in [1.165, 1.54) is 4.57 Å². The van der Waals surface area contributed by atoms with E-state index in [1.54, 1.807) is 18.2 Å². The van der Waals surface area contributed by atoms with Gasteiger partial charge in [-0.1, -0.05) is 47.7 Å². The van der Waals surface area contributed by atoms with E-state index in [1.807, 2.05) is 44.2 Å². The van der Waals surface area contributed by atoms with Crippen LogP contribution in [0.2, 0.25) is 0 Å². The molecule has 0 saturated carbocycles. The molecule has 0 aliphatic heterocycles. The summed E-state index contributed by atoms with van der Waals surface area (Å²) in [5.41, 5.74) is 7.05. The van der Waals surface area contributed by atoms with Crippen LogP contribution < -0.4 is 16.2 Å². The van der Waals surface area contributed by atoms with E-state index in [2.05, 4.69) is 0 Å². The maximum Gasteiger partial charge on any atom is 0.310 e. The molecule has 2 N–H and O–H groups in total.